The largest absolute Gasteiger partial charge is 0.507 e. The molecular weight excluding hydrogens is 550 g/mol. The van der Waals surface area contributed by atoms with Gasteiger partial charge in [-0.1, -0.05) is 37.6 Å². The third-order valence-corrected chi connectivity index (χ3v) is 9.60. The molecule has 0 bridgehead atoms. The van der Waals surface area contributed by atoms with E-state index >= 15 is 0 Å². The minimum absolute atomic E-state index is 0.0112. The Labute approximate surface area is 250 Å². The molecule has 6 atom stereocenters. The van der Waals surface area contributed by atoms with Crippen LogP contribution in [-0.2, 0) is 32.0 Å². The van der Waals surface area contributed by atoms with Crippen LogP contribution in [0.25, 0.3) is 11.1 Å². The van der Waals surface area contributed by atoms with E-state index in [0.717, 1.165) is 24.8 Å². The number of anilines is 1. The van der Waals surface area contributed by atoms with Crippen molar-refractivity contribution in [3.05, 3.63) is 47.0 Å². The van der Waals surface area contributed by atoms with Crippen LogP contribution >= 0.6 is 0 Å². The number of aryl methyl sites for hydroxylation is 1. The number of phenols is 1. The van der Waals surface area contributed by atoms with Gasteiger partial charge in [-0.25, -0.2) is 0 Å². The fourth-order valence-corrected chi connectivity index (χ4v) is 7.50. The van der Waals surface area contributed by atoms with Crippen molar-refractivity contribution in [2.75, 3.05) is 33.1 Å². The minimum atomic E-state index is -2.75. The number of fused-ring (bicyclic) bond motifs is 3. The number of likely N-dealkylation sites (N-methyl/N-ethyl adjacent to an activating group) is 1. The number of nitrogens with zero attached hydrogens (tertiary/aromatic N) is 2. The van der Waals surface area contributed by atoms with E-state index in [4.69, 9.17) is 5.73 Å². The van der Waals surface area contributed by atoms with E-state index in [1.165, 1.54) is 4.90 Å². The highest BCUT2D eigenvalue weighted by molar-refractivity contribution is 6.32. The summed E-state index contributed by atoms with van der Waals surface area (Å²) in [5, 5.41) is 23.4. The fraction of sp³-hybridized carbons (Fsp3) is 0.485. The first kappa shape index (κ1) is 30.6. The number of primary amides is 1. The van der Waals surface area contributed by atoms with Crippen molar-refractivity contribution in [3.63, 3.8) is 0 Å². The van der Waals surface area contributed by atoms with E-state index in [9.17, 15) is 34.2 Å². The molecule has 2 aromatic carbocycles. The van der Waals surface area contributed by atoms with E-state index in [0.29, 0.717) is 22.4 Å². The Hall–Kier alpha value is -3.89. The van der Waals surface area contributed by atoms with Gasteiger partial charge in [0.15, 0.2) is 34.7 Å². The number of carbonyl (C=O) groups is 5. The third kappa shape index (κ3) is 4.58. The molecule has 0 heterocycles. The Balaban J connectivity index is 1.63. The van der Waals surface area contributed by atoms with Crippen molar-refractivity contribution in [1.82, 2.24) is 4.90 Å². The SMILES string of the molecule is CCCCc1ccc(-c2cc(N(C)C)c3c(c2O)C(=O)C2C(=O)[C@@]4(O)C(=O)C(C(N)=O)C(=O)[C@H](N(C)C)[C@H]4C[C@H]2C3)cc1. The van der Waals surface area contributed by atoms with Crippen LogP contribution in [0.1, 0.15) is 47.7 Å². The van der Waals surface area contributed by atoms with Gasteiger partial charge < -0.3 is 20.8 Å². The Morgan fingerprint density at radius 1 is 1.05 bits per heavy atom. The van der Waals surface area contributed by atoms with Crippen molar-refractivity contribution in [1.29, 1.82) is 0 Å². The third-order valence-electron chi connectivity index (χ3n) is 9.60. The van der Waals surface area contributed by atoms with Gasteiger partial charge in [0.25, 0.3) is 0 Å². The summed E-state index contributed by atoms with van der Waals surface area (Å²) in [4.78, 5) is 70.7. The molecule has 3 aliphatic rings. The predicted octanol–water partition coefficient (Wildman–Crippen LogP) is 1.94. The number of hydrogen-bond acceptors (Lipinski definition) is 9. The Morgan fingerprint density at radius 3 is 2.26 bits per heavy atom. The maximum atomic E-state index is 14.2. The lowest BCUT2D eigenvalue weighted by Crippen LogP contribution is -2.74. The standard InChI is InChI=1S/C33H39N3O7/c1-6-7-8-16-9-11-17(12-10-16)19-15-22(35(2)3)20-13-18-14-21-26(36(4)5)29(39)25(32(34)42)31(41)33(21,43)30(40)23(18)28(38)24(20)27(19)37/h9-12,15,18,21,23,25-26,37,43H,6-8,13-14H2,1-5H3,(H2,34,42)/t18-,21-,23?,25?,26-,33-/m1/s1. The monoisotopic (exact) mass is 589 g/mol. The molecular formula is C33H39N3O7. The summed E-state index contributed by atoms with van der Waals surface area (Å²) < 4.78 is 0. The highest BCUT2D eigenvalue weighted by atomic mass is 16.3. The van der Waals surface area contributed by atoms with E-state index in [1.54, 1.807) is 14.1 Å². The number of benzene rings is 2. The number of aromatic hydroxyl groups is 1. The van der Waals surface area contributed by atoms with Crippen LogP contribution in [0.2, 0.25) is 0 Å². The molecule has 2 fully saturated rings. The molecule has 0 aromatic heterocycles. The van der Waals surface area contributed by atoms with Crippen LogP contribution in [0.4, 0.5) is 5.69 Å². The lowest BCUT2D eigenvalue weighted by Gasteiger charge is -2.52. The molecule has 5 rings (SSSR count). The smallest absolute Gasteiger partial charge is 0.235 e. The first-order valence-corrected chi connectivity index (χ1v) is 14.8. The van der Waals surface area contributed by atoms with E-state index < -0.39 is 64.4 Å². The highest BCUT2D eigenvalue weighted by Crippen LogP contribution is 2.53. The average Bonchev–Trinajstić information content (AvgIpc) is 2.93. The number of amides is 1. The summed E-state index contributed by atoms with van der Waals surface area (Å²) in [6.07, 6.45) is 3.28. The number of hydrogen-bond donors (Lipinski definition) is 3. The quantitative estimate of drug-likeness (QED) is 0.411. The van der Waals surface area contributed by atoms with E-state index in [-0.39, 0.29) is 24.2 Å². The molecule has 2 unspecified atom stereocenters. The van der Waals surface area contributed by atoms with Crippen molar-refractivity contribution in [3.8, 4) is 16.9 Å². The van der Waals surface area contributed by atoms with Gasteiger partial charge in [-0.15, -0.1) is 0 Å². The lowest BCUT2D eigenvalue weighted by molar-refractivity contribution is -0.181. The number of ketones is 4. The van der Waals surface area contributed by atoms with Crippen LogP contribution in [0.15, 0.2) is 30.3 Å². The zero-order valence-electron chi connectivity index (χ0n) is 25.2. The fourth-order valence-electron chi connectivity index (χ4n) is 7.50. The molecule has 43 heavy (non-hydrogen) atoms. The van der Waals surface area contributed by atoms with E-state index in [1.807, 2.05) is 49.3 Å². The first-order chi connectivity index (χ1) is 20.2. The average molecular weight is 590 g/mol. The van der Waals surface area contributed by atoms with Crippen molar-refractivity contribution in [2.45, 2.75) is 50.7 Å². The summed E-state index contributed by atoms with van der Waals surface area (Å²) >= 11 is 0. The van der Waals surface area contributed by atoms with Crippen LogP contribution < -0.4 is 10.6 Å². The maximum Gasteiger partial charge on any atom is 0.235 e. The zero-order chi connectivity index (χ0) is 31.5. The normalized spacial score (nSPS) is 28.4. The predicted molar refractivity (Wildman–Crippen MR) is 160 cm³/mol. The molecule has 0 radical (unpaired) electrons. The molecule has 0 aliphatic heterocycles. The Kier molecular flexibility index (Phi) is 7.81. The molecule has 4 N–H and O–H groups in total. The number of aliphatic hydroxyl groups is 1. The summed E-state index contributed by atoms with van der Waals surface area (Å²) in [7, 11) is 6.79. The molecule has 10 heteroatoms. The second-order valence-corrected chi connectivity index (χ2v) is 12.6. The van der Waals surface area contributed by atoms with Gasteiger partial charge in [0.2, 0.25) is 5.91 Å². The molecule has 2 saturated carbocycles. The van der Waals surface area contributed by atoms with Crippen molar-refractivity contribution < 1.29 is 34.2 Å². The van der Waals surface area contributed by atoms with Crippen molar-refractivity contribution in [2.24, 2.45) is 29.4 Å². The van der Waals surface area contributed by atoms with Crippen LogP contribution in [-0.4, -0.2) is 84.0 Å². The number of nitrogens with two attached hydrogens (primary N) is 1. The van der Waals surface area contributed by atoms with Gasteiger partial charge in [-0.3, -0.25) is 28.9 Å². The van der Waals surface area contributed by atoms with E-state index in [2.05, 4.69) is 6.92 Å². The molecule has 10 nitrogen and oxygen atoms in total. The highest BCUT2D eigenvalue weighted by Gasteiger charge is 2.69. The molecule has 228 valence electrons. The van der Waals surface area contributed by atoms with Gasteiger partial charge in [-0.05, 0) is 68.5 Å². The topological polar surface area (TPSA) is 158 Å². The van der Waals surface area contributed by atoms with Gasteiger partial charge >= 0.3 is 0 Å². The molecule has 0 saturated heterocycles. The number of unbranched alkanes of at least 4 members (excludes halogenated alkanes) is 1. The number of Topliss-reactive ketones (excluding diaryl/α,β-unsaturated/α-hetero) is 4. The zero-order valence-corrected chi connectivity index (χ0v) is 25.2. The summed E-state index contributed by atoms with van der Waals surface area (Å²) in [6, 6.07) is 8.46. The van der Waals surface area contributed by atoms with Gasteiger partial charge in [0, 0.05) is 31.3 Å². The van der Waals surface area contributed by atoms with Gasteiger partial charge in [0.1, 0.15) is 5.75 Å². The molecule has 3 aliphatic carbocycles. The minimum Gasteiger partial charge on any atom is -0.507 e. The first-order valence-electron chi connectivity index (χ1n) is 14.8. The summed E-state index contributed by atoms with van der Waals surface area (Å²) in [5.41, 5.74) is 6.20. The lowest BCUT2D eigenvalue weighted by atomic mass is 9.52. The Morgan fingerprint density at radius 2 is 1.70 bits per heavy atom. The van der Waals surface area contributed by atoms with Crippen LogP contribution in [0, 0.1) is 23.7 Å². The summed E-state index contributed by atoms with van der Waals surface area (Å²) in [5.74, 6) is -10.5. The number of rotatable bonds is 7. The van der Waals surface area contributed by atoms with Crippen LogP contribution in [0.5, 0.6) is 5.75 Å². The molecule has 1 amide bonds. The Bertz CT molecular complexity index is 1530. The summed E-state index contributed by atoms with van der Waals surface area (Å²) in [6.45, 7) is 2.13. The second-order valence-electron chi connectivity index (χ2n) is 12.6. The number of carbonyl (C=O) groups excluding carboxylic acids is 5. The number of phenolic OH excluding ortho intramolecular Hbond substituents is 1. The second kappa shape index (κ2) is 11.0. The van der Waals surface area contributed by atoms with Gasteiger partial charge in [-0.2, -0.15) is 0 Å². The van der Waals surface area contributed by atoms with Gasteiger partial charge in [0.05, 0.1) is 17.5 Å². The maximum absolute atomic E-state index is 14.2. The van der Waals surface area contributed by atoms with Crippen molar-refractivity contribution >= 4 is 34.7 Å². The van der Waals surface area contributed by atoms with Crippen LogP contribution in [0.3, 0.4) is 0 Å². The molecule has 2 aromatic rings. The molecule has 0 spiro atoms.